The summed E-state index contributed by atoms with van der Waals surface area (Å²) in [7, 11) is 0. The Morgan fingerprint density at radius 1 is 1.29 bits per heavy atom. The standard InChI is InChI=1S/C17H19N7O4/c1-10-12(6-5-7-13(10)24(26)27)23-15-11(8-20-23)14(18-9-19-15)21-22-16(25)28-17(2,3)4/h5-9H,1-4H3,(H,22,25)(H,18,19,21). The molecule has 2 N–H and O–H groups in total. The van der Waals surface area contributed by atoms with E-state index in [-0.39, 0.29) is 5.69 Å². The van der Waals surface area contributed by atoms with Crippen molar-refractivity contribution in [3.8, 4) is 5.69 Å². The summed E-state index contributed by atoms with van der Waals surface area (Å²) in [4.78, 5) is 30.9. The first kappa shape index (κ1) is 19.0. The molecule has 1 amide bonds. The highest BCUT2D eigenvalue weighted by atomic mass is 16.6. The van der Waals surface area contributed by atoms with Crippen LogP contribution in [0, 0.1) is 17.0 Å². The van der Waals surface area contributed by atoms with Gasteiger partial charge in [0, 0.05) is 6.07 Å². The largest absolute Gasteiger partial charge is 0.443 e. The molecule has 0 aliphatic heterocycles. The maximum Gasteiger partial charge on any atom is 0.426 e. The predicted molar refractivity (Wildman–Crippen MR) is 101 cm³/mol. The number of nitro groups is 1. The number of nitrogens with one attached hydrogen (secondary N) is 2. The lowest BCUT2D eigenvalue weighted by molar-refractivity contribution is -0.385. The molecule has 11 nitrogen and oxygen atoms in total. The van der Waals surface area contributed by atoms with E-state index in [0.29, 0.717) is 28.1 Å². The predicted octanol–water partition coefficient (Wildman–Crippen LogP) is 2.88. The van der Waals surface area contributed by atoms with Crippen LogP contribution in [0.2, 0.25) is 0 Å². The van der Waals surface area contributed by atoms with E-state index in [1.165, 1.54) is 23.3 Å². The van der Waals surface area contributed by atoms with E-state index in [1.54, 1.807) is 39.8 Å². The van der Waals surface area contributed by atoms with E-state index < -0.39 is 16.6 Å². The number of benzene rings is 1. The number of anilines is 1. The number of ether oxygens (including phenoxy) is 1. The van der Waals surface area contributed by atoms with Gasteiger partial charge in [0.25, 0.3) is 5.69 Å². The first-order chi connectivity index (χ1) is 13.2. The van der Waals surface area contributed by atoms with Crippen LogP contribution < -0.4 is 10.9 Å². The van der Waals surface area contributed by atoms with Crippen molar-refractivity contribution >= 4 is 28.6 Å². The minimum Gasteiger partial charge on any atom is -0.443 e. The molecule has 146 valence electrons. The van der Waals surface area contributed by atoms with Gasteiger partial charge in [-0.3, -0.25) is 15.5 Å². The second-order valence-corrected chi connectivity index (χ2v) is 6.95. The van der Waals surface area contributed by atoms with Crippen molar-refractivity contribution in [1.29, 1.82) is 0 Å². The van der Waals surface area contributed by atoms with Crippen LogP contribution >= 0.6 is 0 Å². The lowest BCUT2D eigenvalue weighted by Crippen LogP contribution is -2.36. The van der Waals surface area contributed by atoms with E-state index in [2.05, 4.69) is 25.9 Å². The van der Waals surface area contributed by atoms with Crippen LogP contribution in [0.1, 0.15) is 26.3 Å². The van der Waals surface area contributed by atoms with Gasteiger partial charge in [-0.25, -0.2) is 24.9 Å². The Bertz CT molecular complexity index is 1060. The number of fused-ring (bicyclic) bond motifs is 1. The number of nitro benzene ring substituents is 1. The quantitative estimate of drug-likeness (QED) is 0.516. The molecule has 0 spiro atoms. The Kier molecular flexibility index (Phi) is 4.82. The van der Waals surface area contributed by atoms with Crippen molar-refractivity contribution in [2.75, 3.05) is 5.43 Å². The number of nitrogens with zero attached hydrogens (tertiary/aromatic N) is 5. The number of hydrogen-bond acceptors (Lipinski definition) is 8. The number of hydrogen-bond donors (Lipinski definition) is 2. The molecule has 0 aliphatic rings. The summed E-state index contributed by atoms with van der Waals surface area (Å²) in [6, 6.07) is 4.72. The number of carbonyl (C=O) groups excluding carboxylic acids is 1. The van der Waals surface area contributed by atoms with E-state index >= 15 is 0 Å². The highest BCUT2D eigenvalue weighted by Gasteiger charge is 2.19. The molecule has 0 saturated heterocycles. The SMILES string of the molecule is Cc1c(-n2ncc3c(NNC(=O)OC(C)(C)C)ncnc32)cccc1[N+](=O)[O-]. The number of carbonyl (C=O) groups is 1. The van der Waals surface area contributed by atoms with Gasteiger partial charge < -0.3 is 4.74 Å². The van der Waals surface area contributed by atoms with Crippen LogP contribution in [0.15, 0.2) is 30.7 Å². The van der Waals surface area contributed by atoms with Crippen molar-refractivity contribution in [2.45, 2.75) is 33.3 Å². The van der Waals surface area contributed by atoms with Crippen molar-refractivity contribution in [2.24, 2.45) is 0 Å². The fraction of sp³-hybridized carbons (Fsp3) is 0.294. The highest BCUT2D eigenvalue weighted by molar-refractivity contribution is 5.88. The summed E-state index contributed by atoms with van der Waals surface area (Å²) in [5, 5.41) is 16.0. The molecule has 1 aromatic carbocycles. The Morgan fingerprint density at radius 2 is 2.04 bits per heavy atom. The number of hydrazine groups is 1. The number of amides is 1. The van der Waals surface area contributed by atoms with Gasteiger partial charge in [0.15, 0.2) is 11.5 Å². The minimum atomic E-state index is -0.666. The third-order valence-electron chi connectivity index (χ3n) is 3.75. The maximum atomic E-state index is 11.8. The van der Waals surface area contributed by atoms with Crippen LogP contribution in [0.3, 0.4) is 0 Å². The first-order valence-electron chi connectivity index (χ1n) is 8.35. The molecule has 0 aliphatic carbocycles. The third kappa shape index (κ3) is 3.82. The maximum absolute atomic E-state index is 11.8. The number of rotatable bonds is 4. The van der Waals surface area contributed by atoms with Gasteiger partial charge in [-0.05, 0) is 33.8 Å². The lowest BCUT2D eigenvalue weighted by Gasteiger charge is -2.19. The Balaban J connectivity index is 1.93. The average molecular weight is 385 g/mol. The van der Waals surface area contributed by atoms with Crippen molar-refractivity contribution in [1.82, 2.24) is 25.2 Å². The van der Waals surface area contributed by atoms with Gasteiger partial charge in [0.2, 0.25) is 0 Å². The van der Waals surface area contributed by atoms with Crippen LogP contribution in [0.5, 0.6) is 0 Å². The zero-order valence-electron chi connectivity index (χ0n) is 15.8. The summed E-state index contributed by atoms with van der Waals surface area (Å²) in [5.41, 5.74) is 5.83. The van der Waals surface area contributed by atoms with Gasteiger partial charge >= 0.3 is 6.09 Å². The first-order valence-corrected chi connectivity index (χ1v) is 8.35. The molecule has 0 bridgehead atoms. The molecule has 0 atom stereocenters. The molecular weight excluding hydrogens is 366 g/mol. The summed E-state index contributed by atoms with van der Waals surface area (Å²) in [6.45, 7) is 6.90. The summed E-state index contributed by atoms with van der Waals surface area (Å²) in [6.07, 6.45) is 2.14. The topological polar surface area (TPSA) is 137 Å². The van der Waals surface area contributed by atoms with E-state index in [1.807, 2.05) is 0 Å². The van der Waals surface area contributed by atoms with Crippen LogP contribution in [0.4, 0.5) is 16.3 Å². The lowest BCUT2D eigenvalue weighted by atomic mass is 10.1. The fourth-order valence-electron chi connectivity index (χ4n) is 2.57. The van der Waals surface area contributed by atoms with Gasteiger partial charge in [0.05, 0.1) is 27.8 Å². The zero-order chi connectivity index (χ0) is 20.5. The third-order valence-corrected chi connectivity index (χ3v) is 3.75. The zero-order valence-corrected chi connectivity index (χ0v) is 15.8. The van der Waals surface area contributed by atoms with Crippen LogP contribution in [-0.4, -0.2) is 36.4 Å². The highest BCUT2D eigenvalue weighted by Crippen LogP contribution is 2.27. The number of aromatic nitrogens is 4. The second-order valence-electron chi connectivity index (χ2n) is 6.95. The molecule has 0 unspecified atom stereocenters. The molecule has 3 aromatic rings. The van der Waals surface area contributed by atoms with E-state index in [0.717, 1.165) is 0 Å². The van der Waals surface area contributed by atoms with Gasteiger partial charge in [-0.2, -0.15) is 5.10 Å². The van der Waals surface area contributed by atoms with Crippen molar-refractivity contribution < 1.29 is 14.5 Å². The smallest absolute Gasteiger partial charge is 0.426 e. The molecule has 0 radical (unpaired) electrons. The molecule has 0 saturated carbocycles. The average Bonchev–Trinajstić information content (AvgIpc) is 3.03. The molecule has 28 heavy (non-hydrogen) atoms. The van der Waals surface area contributed by atoms with Crippen LogP contribution in [-0.2, 0) is 4.74 Å². The van der Waals surface area contributed by atoms with E-state index in [4.69, 9.17) is 4.74 Å². The van der Waals surface area contributed by atoms with Gasteiger partial charge in [-0.1, -0.05) is 6.07 Å². The van der Waals surface area contributed by atoms with Crippen LogP contribution in [0.25, 0.3) is 16.7 Å². The Hall–Kier alpha value is -3.76. The second kappa shape index (κ2) is 7.10. The molecule has 0 fully saturated rings. The summed E-state index contributed by atoms with van der Waals surface area (Å²) in [5.74, 6) is 0.310. The van der Waals surface area contributed by atoms with Gasteiger partial charge in [0.1, 0.15) is 11.9 Å². The van der Waals surface area contributed by atoms with Crippen molar-refractivity contribution in [3.63, 3.8) is 0 Å². The molecule has 2 heterocycles. The summed E-state index contributed by atoms with van der Waals surface area (Å²) >= 11 is 0. The van der Waals surface area contributed by atoms with Gasteiger partial charge in [-0.15, -0.1) is 0 Å². The fourth-order valence-corrected chi connectivity index (χ4v) is 2.57. The summed E-state index contributed by atoms with van der Waals surface area (Å²) < 4.78 is 6.64. The van der Waals surface area contributed by atoms with Crippen molar-refractivity contribution in [3.05, 3.63) is 46.4 Å². The molecule has 2 aromatic heterocycles. The Morgan fingerprint density at radius 3 is 2.71 bits per heavy atom. The minimum absolute atomic E-state index is 0.0138. The normalized spacial score (nSPS) is 11.3. The monoisotopic (exact) mass is 385 g/mol. The molecule has 3 rings (SSSR count). The molecular formula is C17H19N7O4. The molecule has 11 heteroatoms. The van der Waals surface area contributed by atoms with E-state index in [9.17, 15) is 14.9 Å². The Labute approximate surface area is 159 Å².